The van der Waals surface area contributed by atoms with Crippen molar-refractivity contribution in [2.24, 2.45) is 0 Å². The minimum Gasteiger partial charge on any atom is -0.386 e. The van der Waals surface area contributed by atoms with E-state index in [0.717, 1.165) is 0 Å². The standard InChI is InChI=1S/C13H12FNO/c14-11-6-2-1-5-10(11)9-13(16)12-7-3-4-8-15-12/h1-8,13,16H,9H2. The van der Waals surface area contributed by atoms with Gasteiger partial charge in [-0.25, -0.2) is 4.39 Å². The van der Waals surface area contributed by atoms with E-state index in [-0.39, 0.29) is 12.2 Å². The van der Waals surface area contributed by atoms with Crippen molar-refractivity contribution in [3.8, 4) is 0 Å². The Balaban J connectivity index is 2.14. The summed E-state index contributed by atoms with van der Waals surface area (Å²) in [5.41, 5.74) is 1.06. The third-order valence-electron chi connectivity index (χ3n) is 2.40. The van der Waals surface area contributed by atoms with Crippen LogP contribution in [0.4, 0.5) is 4.39 Å². The molecule has 1 atom stereocenters. The molecule has 1 N–H and O–H groups in total. The molecule has 16 heavy (non-hydrogen) atoms. The number of hydrogen-bond donors (Lipinski definition) is 1. The largest absolute Gasteiger partial charge is 0.386 e. The lowest BCUT2D eigenvalue weighted by Gasteiger charge is -2.10. The lowest BCUT2D eigenvalue weighted by atomic mass is 10.0. The molecule has 0 aliphatic heterocycles. The molecular formula is C13H12FNO. The van der Waals surface area contributed by atoms with Crippen molar-refractivity contribution in [2.75, 3.05) is 0 Å². The first-order valence-corrected chi connectivity index (χ1v) is 5.10. The van der Waals surface area contributed by atoms with E-state index in [0.29, 0.717) is 11.3 Å². The molecule has 2 nitrogen and oxygen atoms in total. The van der Waals surface area contributed by atoms with Crippen LogP contribution in [0.15, 0.2) is 48.7 Å². The summed E-state index contributed by atoms with van der Waals surface area (Å²) in [6.07, 6.45) is 1.09. The molecule has 0 bridgehead atoms. The van der Waals surface area contributed by atoms with Crippen LogP contribution in [-0.4, -0.2) is 10.1 Å². The van der Waals surface area contributed by atoms with Crippen LogP contribution in [0.3, 0.4) is 0 Å². The zero-order chi connectivity index (χ0) is 11.4. The van der Waals surface area contributed by atoms with E-state index in [9.17, 15) is 9.50 Å². The number of aromatic nitrogens is 1. The Labute approximate surface area is 93.4 Å². The average Bonchev–Trinajstić information content (AvgIpc) is 2.33. The van der Waals surface area contributed by atoms with Crippen LogP contribution in [-0.2, 0) is 6.42 Å². The molecule has 0 saturated heterocycles. The second-order valence-electron chi connectivity index (χ2n) is 3.57. The van der Waals surface area contributed by atoms with Gasteiger partial charge in [0.1, 0.15) is 11.9 Å². The van der Waals surface area contributed by atoms with E-state index >= 15 is 0 Å². The lowest BCUT2D eigenvalue weighted by molar-refractivity contribution is 0.172. The molecule has 1 aromatic carbocycles. The summed E-state index contributed by atoms with van der Waals surface area (Å²) in [5, 5.41) is 9.87. The zero-order valence-electron chi connectivity index (χ0n) is 8.68. The van der Waals surface area contributed by atoms with Gasteiger partial charge in [0, 0.05) is 12.6 Å². The van der Waals surface area contributed by atoms with Gasteiger partial charge < -0.3 is 5.11 Å². The highest BCUT2D eigenvalue weighted by molar-refractivity contribution is 5.20. The monoisotopic (exact) mass is 217 g/mol. The molecule has 0 aliphatic rings. The van der Waals surface area contributed by atoms with Crippen LogP contribution in [0, 0.1) is 5.82 Å². The van der Waals surface area contributed by atoms with E-state index in [2.05, 4.69) is 4.98 Å². The third kappa shape index (κ3) is 2.44. The molecule has 0 spiro atoms. The molecule has 0 amide bonds. The predicted octanol–water partition coefficient (Wildman–Crippen LogP) is 2.50. The minimum atomic E-state index is -0.766. The lowest BCUT2D eigenvalue weighted by Crippen LogP contribution is -2.05. The maximum atomic E-state index is 13.3. The molecule has 3 heteroatoms. The Hall–Kier alpha value is -1.74. The highest BCUT2D eigenvalue weighted by atomic mass is 19.1. The van der Waals surface area contributed by atoms with Gasteiger partial charge in [-0.15, -0.1) is 0 Å². The van der Waals surface area contributed by atoms with Crippen LogP contribution in [0.25, 0.3) is 0 Å². The van der Waals surface area contributed by atoms with Crippen molar-refractivity contribution < 1.29 is 9.50 Å². The molecule has 1 aromatic heterocycles. The summed E-state index contributed by atoms with van der Waals surface area (Å²) in [7, 11) is 0. The van der Waals surface area contributed by atoms with Crippen molar-refractivity contribution in [3.63, 3.8) is 0 Å². The summed E-state index contributed by atoms with van der Waals surface area (Å²) in [6.45, 7) is 0. The molecule has 0 saturated carbocycles. The van der Waals surface area contributed by atoms with Crippen molar-refractivity contribution >= 4 is 0 Å². The molecule has 1 heterocycles. The number of rotatable bonds is 3. The molecule has 0 aliphatic carbocycles. The molecule has 0 radical (unpaired) electrons. The van der Waals surface area contributed by atoms with E-state index in [4.69, 9.17) is 0 Å². The third-order valence-corrected chi connectivity index (χ3v) is 2.40. The molecule has 1 unspecified atom stereocenters. The molecule has 82 valence electrons. The van der Waals surface area contributed by atoms with Crippen molar-refractivity contribution in [2.45, 2.75) is 12.5 Å². The van der Waals surface area contributed by atoms with E-state index in [1.807, 2.05) is 0 Å². The summed E-state index contributed by atoms with van der Waals surface area (Å²) in [6, 6.07) is 11.7. The molecule has 2 aromatic rings. The summed E-state index contributed by atoms with van der Waals surface area (Å²) < 4.78 is 13.3. The highest BCUT2D eigenvalue weighted by Crippen LogP contribution is 2.17. The minimum absolute atomic E-state index is 0.240. The van der Waals surface area contributed by atoms with Crippen LogP contribution in [0.1, 0.15) is 17.4 Å². The second-order valence-corrected chi connectivity index (χ2v) is 3.57. The summed E-state index contributed by atoms with van der Waals surface area (Å²) >= 11 is 0. The fourth-order valence-electron chi connectivity index (χ4n) is 1.55. The SMILES string of the molecule is OC(Cc1ccccc1F)c1ccccn1. The fraction of sp³-hybridized carbons (Fsp3) is 0.154. The summed E-state index contributed by atoms with van der Waals surface area (Å²) in [4.78, 5) is 4.03. The number of halogens is 1. The van der Waals surface area contributed by atoms with E-state index in [1.54, 1.807) is 42.6 Å². The van der Waals surface area contributed by atoms with Crippen molar-refractivity contribution in [3.05, 3.63) is 65.7 Å². The Morgan fingerprint density at radius 1 is 1.12 bits per heavy atom. The molecule has 0 fully saturated rings. The second kappa shape index (κ2) is 4.86. The number of benzene rings is 1. The Kier molecular flexibility index (Phi) is 3.27. The summed E-state index contributed by atoms with van der Waals surface area (Å²) in [5.74, 6) is -0.294. The van der Waals surface area contributed by atoms with Gasteiger partial charge in [-0.3, -0.25) is 4.98 Å². The quantitative estimate of drug-likeness (QED) is 0.856. The van der Waals surface area contributed by atoms with Gasteiger partial charge in [0.2, 0.25) is 0 Å². The van der Waals surface area contributed by atoms with Gasteiger partial charge in [-0.05, 0) is 23.8 Å². The normalized spacial score (nSPS) is 12.4. The maximum absolute atomic E-state index is 13.3. The number of hydrogen-bond acceptors (Lipinski definition) is 2. The zero-order valence-corrected chi connectivity index (χ0v) is 8.68. The van der Waals surface area contributed by atoms with E-state index < -0.39 is 6.10 Å². The first-order chi connectivity index (χ1) is 7.77. The van der Waals surface area contributed by atoms with Gasteiger partial charge in [0.25, 0.3) is 0 Å². The highest BCUT2D eigenvalue weighted by Gasteiger charge is 2.11. The number of aliphatic hydroxyl groups is 1. The first kappa shape index (κ1) is 10.8. The van der Waals surface area contributed by atoms with Crippen LogP contribution >= 0.6 is 0 Å². The van der Waals surface area contributed by atoms with Gasteiger partial charge >= 0.3 is 0 Å². The van der Waals surface area contributed by atoms with Crippen molar-refractivity contribution in [1.29, 1.82) is 0 Å². The Morgan fingerprint density at radius 3 is 2.56 bits per heavy atom. The fourth-order valence-corrected chi connectivity index (χ4v) is 1.55. The number of nitrogens with zero attached hydrogens (tertiary/aromatic N) is 1. The first-order valence-electron chi connectivity index (χ1n) is 5.10. The van der Waals surface area contributed by atoms with Crippen LogP contribution in [0.5, 0.6) is 0 Å². The smallest absolute Gasteiger partial charge is 0.126 e. The molecular weight excluding hydrogens is 205 g/mol. The predicted molar refractivity (Wildman–Crippen MR) is 59.3 cm³/mol. The van der Waals surface area contributed by atoms with E-state index in [1.165, 1.54) is 6.07 Å². The number of aliphatic hydroxyl groups excluding tert-OH is 1. The Bertz CT molecular complexity index is 458. The topological polar surface area (TPSA) is 33.1 Å². The van der Waals surface area contributed by atoms with Gasteiger partial charge in [-0.1, -0.05) is 24.3 Å². The van der Waals surface area contributed by atoms with Crippen LogP contribution in [0.2, 0.25) is 0 Å². The van der Waals surface area contributed by atoms with Gasteiger partial charge in [0.15, 0.2) is 0 Å². The van der Waals surface area contributed by atoms with Gasteiger partial charge in [-0.2, -0.15) is 0 Å². The molecule has 2 rings (SSSR count). The average molecular weight is 217 g/mol. The van der Waals surface area contributed by atoms with Crippen molar-refractivity contribution in [1.82, 2.24) is 4.98 Å². The van der Waals surface area contributed by atoms with Crippen LogP contribution < -0.4 is 0 Å². The Morgan fingerprint density at radius 2 is 1.88 bits per heavy atom. The van der Waals surface area contributed by atoms with Gasteiger partial charge in [0.05, 0.1) is 5.69 Å². The maximum Gasteiger partial charge on any atom is 0.126 e. The number of pyridine rings is 1.